The van der Waals surface area contributed by atoms with E-state index in [9.17, 15) is 4.79 Å². The molecule has 2 amide bonds. The Morgan fingerprint density at radius 2 is 1.86 bits per heavy atom. The van der Waals surface area contributed by atoms with Crippen LogP contribution < -0.4 is 9.47 Å². The van der Waals surface area contributed by atoms with Crippen LogP contribution >= 0.6 is 11.8 Å². The van der Waals surface area contributed by atoms with Gasteiger partial charge in [0, 0.05) is 18.5 Å². The number of nitrogens with zero attached hydrogens (tertiary/aromatic N) is 2. The highest BCUT2D eigenvalue weighted by molar-refractivity contribution is 8.00. The van der Waals surface area contributed by atoms with E-state index in [0.717, 1.165) is 16.2 Å². The summed E-state index contributed by atoms with van der Waals surface area (Å²) >= 11 is 1.72. The van der Waals surface area contributed by atoms with Crippen molar-refractivity contribution in [2.75, 3.05) is 21.3 Å². The van der Waals surface area contributed by atoms with E-state index >= 15 is 0 Å². The fraction of sp³-hybridized carbons (Fsp3) is 0.533. The number of urea groups is 1. The third-order valence-corrected chi connectivity index (χ3v) is 6.12. The van der Waals surface area contributed by atoms with Gasteiger partial charge in [0.15, 0.2) is 11.5 Å². The highest BCUT2D eigenvalue weighted by Gasteiger charge is 2.52. The molecule has 0 radical (unpaired) electrons. The number of benzene rings is 1. The Bertz CT molecular complexity index is 603. The zero-order valence-corrected chi connectivity index (χ0v) is 13.8. The Labute approximate surface area is 129 Å². The minimum absolute atomic E-state index is 0.0814. The van der Waals surface area contributed by atoms with E-state index in [4.69, 9.17) is 9.47 Å². The predicted octanol–water partition coefficient (Wildman–Crippen LogP) is 2.78. The van der Waals surface area contributed by atoms with E-state index in [1.807, 2.05) is 29.0 Å². The molecule has 114 valence electrons. The minimum atomic E-state index is -0.202. The first-order valence-corrected chi connectivity index (χ1v) is 7.74. The van der Waals surface area contributed by atoms with Crippen molar-refractivity contribution in [1.82, 2.24) is 9.80 Å². The maximum atomic E-state index is 12.4. The lowest BCUT2D eigenvalue weighted by atomic mass is 10.1. The van der Waals surface area contributed by atoms with Gasteiger partial charge in [0.1, 0.15) is 5.37 Å². The van der Waals surface area contributed by atoms with Gasteiger partial charge in [-0.15, -0.1) is 0 Å². The van der Waals surface area contributed by atoms with Gasteiger partial charge in [-0.1, -0.05) is 11.8 Å². The zero-order valence-electron chi connectivity index (χ0n) is 13.0. The second-order valence-corrected chi connectivity index (χ2v) is 7.03. The number of likely N-dealkylation sites (N-methyl/N-ethyl adjacent to an activating group) is 1. The van der Waals surface area contributed by atoms with Gasteiger partial charge in [0.05, 0.1) is 19.8 Å². The largest absolute Gasteiger partial charge is 0.493 e. The van der Waals surface area contributed by atoms with Crippen molar-refractivity contribution in [3.8, 4) is 11.5 Å². The van der Waals surface area contributed by atoms with Crippen LogP contribution in [0.3, 0.4) is 0 Å². The third kappa shape index (κ3) is 1.96. The minimum Gasteiger partial charge on any atom is -0.493 e. The first-order valence-electron chi connectivity index (χ1n) is 6.86. The van der Waals surface area contributed by atoms with Gasteiger partial charge in [0.2, 0.25) is 0 Å². The second-order valence-electron chi connectivity index (χ2n) is 5.91. The molecular formula is C15H20N2O3S. The molecule has 0 spiro atoms. The van der Waals surface area contributed by atoms with Gasteiger partial charge < -0.3 is 19.3 Å². The molecule has 0 saturated carbocycles. The van der Waals surface area contributed by atoms with Gasteiger partial charge in [-0.2, -0.15) is 0 Å². The number of thioether (sulfide) groups is 1. The Kier molecular flexibility index (Phi) is 3.24. The topological polar surface area (TPSA) is 42.0 Å². The van der Waals surface area contributed by atoms with Crippen LogP contribution in [0, 0.1) is 0 Å². The number of hydrogen-bond donors (Lipinski definition) is 0. The molecule has 1 unspecified atom stereocenters. The SMILES string of the molecule is COc1cc2c(cc1OC)SC1N(C2)C(=O)N(C)C1(C)C. The zero-order chi connectivity index (χ0) is 15.4. The Balaban J connectivity index is 2.04. The van der Waals surface area contributed by atoms with Crippen molar-refractivity contribution in [2.24, 2.45) is 0 Å². The van der Waals surface area contributed by atoms with E-state index in [2.05, 4.69) is 13.8 Å². The molecular weight excluding hydrogens is 288 g/mol. The third-order valence-electron chi connectivity index (χ3n) is 4.43. The van der Waals surface area contributed by atoms with Gasteiger partial charge in [-0.25, -0.2) is 4.79 Å². The van der Waals surface area contributed by atoms with E-state index < -0.39 is 0 Å². The van der Waals surface area contributed by atoms with Crippen LogP contribution in [0.5, 0.6) is 11.5 Å². The first kappa shape index (κ1) is 14.4. The molecule has 0 N–H and O–H groups in total. The number of carbonyl (C=O) groups excluding carboxylic acids is 1. The van der Waals surface area contributed by atoms with Crippen LogP contribution in [0.25, 0.3) is 0 Å². The van der Waals surface area contributed by atoms with Crippen LogP contribution in [-0.2, 0) is 6.54 Å². The normalized spacial score (nSPS) is 22.9. The van der Waals surface area contributed by atoms with Crippen molar-refractivity contribution in [1.29, 1.82) is 0 Å². The molecule has 0 aromatic heterocycles. The summed E-state index contributed by atoms with van der Waals surface area (Å²) in [6.07, 6.45) is 0. The molecule has 0 bridgehead atoms. The summed E-state index contributed by atoms with van der Waals surface area (Å²) in [6.45, 7) is 4.82. The quantitative estimate of drug-likeness (QED) is 0.842. The Hall–Kier alpha value is -1.56. The fourth-order valence-electron chi connectivity index (χ4n) is 2.88. The van der Waals surface area contributed by atoms with Gasteiger partial charge in [0.25, 0.3) is 0 Å². The monoisotopic (exact) mass is 308 g/mol. The molecule has 2 heterocycles. The average molecular weight is 308 g/mol. The molecule has 2 aliphatic heterocycles. The van der Waals surface area contributed by atoms with E-state index in [1.54, 1.807) is 26.0 Å². The molecule has 1 fully saturated rings. The summed E-state index contributed by atoms with van der Waals surface area (Å²) in [4.78, 5) is 17.3. The molecule has 6 heteroatoms. The molecule has 1 aromatic rings. The fourth-order valence-corrected chi connectivity index (χ4v) is 4.31. The van der Waals surface area contributed by atoms with Gasteiger partial charge in [-0.3, -0.25) is 0 Å². The number of hydrogen-bond acceptors (Lipinski definition) is 4. The van der Waals surface area contributed by atoms with E-state index in [-0.39, 0.29) is 16.9 Å². The van der Waals surface area contributed by atoms with Gasteiger partial charge in [-0.05, 0) is 31.5 Å². The molecule has 3 rings (SSSR count). The smallest absolute Gasteiger partial charge is 0.321 e. The molecule has 0 aliphatic carbocycles. The number of ether oxygens (including phenoxy) is 2. The lowest BCUT2D eigenvalue weighted by Gasteiger charge is -2.36. The van der Waals surface area contributed by atoms with Crippen molar-refractivity contribution in [3.63, 3.8) is 0 Å². The number of amides is 2. The van der Waals surface area contributed by atoms with Crippen LogP contribution in [0.2, 0.25) is 0 Å². The number of fused-ring (bicyclic) bond motifs is 2. The van der Waals surface area contributed by atoms with Crippen LogP contribution in [-0.4, -0.2) is 48.0 Å². The summed E-state index contributed by atoms with van der Waals surface area (Å²) in [6, 6.07) is 4.06. The highest BCUT2D eigenvalue weighted by Crippen LogP contribution is 2.48. The van der Waals surface area contributed by atoms with Crippen molar-refractivity contribution >= 4 is 17.8 Å². The predicted molar refractivity (Wildman–Crippen MR) is 82.0 cm³/mol. The molecule has 1 aromatic carbocycles. The van der Waals surface area contributed by atoms with Crippen LogP contribution in [0.4, 0.5) is 4.79 Å². The second kappa shape index (κ2) is 4.73. The van der Waals surface area contributed by atoms with Crippen molar-refractivity contribution in [2.45, 2.75) is 36.2 Å². The summed E-state index contributed by atoms with van der Waals surface area (Å²) in [5, 5.41) is 0.112. The lowest BCUT2D eigenvalue weighted by molar-refractivity contribution is 0.186. The lowest BCUT2D eigenvalue weighted by Crippen LogP contribution is -2.44. The Morgan fingerprint density at radius 1 is 1.24 bits per heavy atom. The summed E-state index contributed by atoms with van der Waals surface area (Å²) in [7, 11) is 5.13. The maximum Gasteiger partial charge on any atom is 0.321 e. The summed E-state index contributed by atoms with van der Waals surface area (Å²) < 4.78 is 10.7. The number of methoxy groups -OCH3 is 2. The molecule has 21 heavy (non-hydrogen) atoms. The van der Waals surface area contributed by atoms with E-state index in [1.165, 1.54) is 0 Å². The summed E-state index contributed by atoms with van der Waals surface area (Å²) in [5.41, 5.74) is 0.903. The standard InChI is InChI=1S/C15H20N2O3S/c1-15(2)13-17(14(18)16(15)3)8-9-6-10(19-4)11(20-5)7-12(9)21-13/h6-7,13H,8H2,1-5H3. The van der Waals surface area contributed by atoms with Crippen LogP contribution in [0.15, 0.2) is 17.0 Å². The molecule has 1 atom stereocenters. The van der Waals surface area contributed by atoms with Crippen molar-refractivity contribution < 1.29 is 14.3 Å². The van der Waals surface area contributed by atoms with Gasteiger partial charge >= 0.3 is 6.03 Å². The van der Waals surface area contributed by atoms with Crippen molar-refractivity contribution in [3.05, 3.63) is 17.7 Å². The number of carbonyl (C=O) groups is 1. The molecule has 1 saturated heterocycles. The maximum absolute atomic E-state index is 12.4. The molecule has 2 aliphatic rings. The Morgan fingerprint density at radius 3 is 2.48 bits per heavy atom. The summed E-state index contributed by atoms with van der Waals surface area (Å²) in [5.74, 6) is 1.43. The van der Waals surface area contributed by atoms with E-state index in [0.29, 0.717) is 12.3 Å². The molecule has 5 nitrogen and oxygen atoms in total. The highest BCUT2D eigenvalue weighted by atomic mass is 32.2. The first-order chi connectivity index (χ1) is 9.90. The van der Waals surface area contributed by atoms with Crippen LogP contribution in [0.1, 0.15) is 19.4 Å². The average Bonchev–Trinajstić information content (AvgIpc) is 2.65. The number of rotatable bonds is 2.